The van der Waals surface area contributed by atoms with Crippen LogP contribution in [0.25, 0.3) is 0 Å². The van der Waals surface area contributed by atoms with Gasteiger partial charge in [0, 0.05) is 17.7 Å². The van der Waals surface area contributed by atoms with Crippen molar-refractivity contribution >= 4 is 21.9 Å². The predicted octanol–water partition coefficient (Wildman–Crippen LogP) is 1.16. The van der Waals surface area contributed by atoms with E-state index in [0.717, 1.165) is 0 Å². The highest BCUT2D eigenvalue weighted by atomic mass is 79.9. The van der Waals surface area contributed by atoms with Crippen LogP contribution >= 0.6 is 15.9 Å². The lowest BCUT2D eigenvalue weighted by Crippen LogP contribution is -2.08. The number of carbonyl (C=O) groups excluding carboxylic acids is 1. The average Bonchev–Trinajstić information content (AvgIpc) is 2.16. The number of methoxy groups -OCH3 is 1. The third-order valence-electron chi connectivity index (χ3n) is 1.28. The quantitative estimate of drug-likeness (QED) is 0.566. The normalized spacial score (nSPS) is 9.50. The highest BCUT2D eigenvalue weighted by Crippen LogP contribution is 2.06. The van der Waals surface area contributed by atoms with Crippen LogP contribution in [0.4, 0.5) is 0 Å². The summed E-state index contributed by atoms with van der Waals surface area (Å²) >= 11 is 3.20. The number of nitrogens with zero attached hydrogens (tertiary/aromatic N) is 2. The molecule has 0 aliphatic carbocycles. The van der Waals surface area contributed by atoms with Crippen molar-refractivity contribution in [1.82, 2.24) is 9.97 Å². The summed E-state index contributed by atoms with van der Waals surface area (Å²) in [5.41, 5.74) is 0.848. The van der Waals surface area contributed by atoms with Crippen molar-refractivity contribution in [3.63, 3.8) is 0 Å². The van der Waals surface area contributed by atoms with Crippen LogP contribution < -0.4 is 0 Å². The lowest BCUT2D eigenvalue weighted by Gasteiger charge is -2.00. The molecule has 5 heteroatoms. The Kier molecular flexibility index (Phi) is 3.16. The molecule has 0 bridgehead atoms. The van der Waals surface area contributed by atoms with Crippen LogP contribution in [0.3, 0.4) is 0 Å². The van der Waals surface area contributed by atoms with Crippen molar-refractivity contribution in [2.45, 2.75) is 5.33 Å². The number of halogens is 1. The molecule has 1 rings (SSSR count). The maximum Gasteiger partial charge on any atom is 0.358 e. The summed E-state index contributed by atoms with van der Waals surface area (Å²) in [4.78, 5) is 18.9. The second kappa shape index (κ2) is 4.15. The van der Waals surface area contributed by atoms with Crippen LogP contribution in [-0.4, -0.2) is 23.0 Å². The number of rotatable bonds is 2. The molecular weight excluding hydrogens is 224 g/mol. The molecule has 0 amide bonds. The van der Waals surface area contributed by atoms with Gasteiger partial charge in [-0.25, -0.2) is 9.78 Å². The van der Waals surface area contributed by atoms with Gasteiger partial charge in [-0.05, 0) is 0 Å². The minimum atomic E-state index is -0.461. The molecule has 0 saturated carbocycles. The maximum atomic E-state index is 11.0. The van der Waals surface area contributed by atoms with Gasteiger partial charge < -0.3 is 4.74 Å². The van der Waals surface area contributed by atoms with E-state index in [1.165, 1.54) is 19.5 Å². The average molecular weight is 231 g/mol. The molecule has 64 valence electrons. The summed E-state index contributed by atoms with van der Waals surface area (Å²) in [6.07, 6.45) is 2.99. The molecule has 0 aromatic carbocycles. The van der Waals surface area contributed by atoms with E-state index < -0.39 is 5.97 Å². The van der Waals surface area contributed by atoms with Gasteiger partial charge in [0.1, 0.15) is 0 Å². The van der Waals surface area contributed by atoms with Crippen molar-refractivity contribution in [3.8, 4) is 0 Å². The third kappa shape index (κ3) is 1.79. The SMILES string of the molecule is COC(=O)c1nccnc1CBr. The zero-order valence-electron chi connectivity index (χ0n) is 6.45. The monoisotopic (exact) mass is 230 g/mol. The summed E-state index contributed by atoms with van der Waals surface area (Å²) in [5.74, 6) is -0.461. The van der Waals surface area contributed by atoms with Crippen molar-refractivity contribution in [3.05, 3.63) is 23.8 Å². The molecule has 0 aliphatic rings. The predicted molar refractivity (Wildman–Crippen MR) is 46.0 cm³/mol. The van der Waals surface area contributed by atoms with Crippen LogP contribution in [0.1, 0.15) is 16.2 Å². The van der Waals surface area contributed by atoms with Crippen molar-refractivity contribution in [2.75, 3.05) is 7.11 Å². The first-order valence-corrected chi connectivity index (χ1v) is 4.36. The molecule has 1 aromatic rings. The van der Waals surface area contributed by atoms with Gasteiger partial charge in [-0.2, -0.15) is 0 Å². The van der Waals surface area contributed by atoms with E-state index in [1.807, 2.05) is 0 Å². The second-order valence-corrected chi connectivity index (χ2v) is 2.54. The number of ether oxygens (including phenoxy) is 1. The van der Waals surface area contributed by atoms with Gasteiger partial charge in [0.05, 0.1) is 12.8 Å². The first kappa shape index (κ1) is 9.12. The summed E-state index contributed by atoms with van der Waals surface area (Å²) in [6, 6.07) is 0. The standard InChI is InChI=1S/C7H7BrN2O2/c1-12-7(11)6-5(4-8)9-2-3-10-6/h2-3H,4H2,1H3. The molecular formula is C7H7BrN2O2. The molecule has 0 radical (unpaired) electrons. The Balaban J connectivity index is 3.04. The zero-order chi connectivity index (χ0) is 8.97. The Morgan fingerprint density at radius 1 is 1.58 bits per heavy atom. The van der Waals surface area contributed by atoms with E-state index in [1.54, 1.807) is 0 Å². The first-order valence-electron chi connectivity index (χ1n) is 3.23. The van der Waals surface area contributed by atoms with E-state index >= 15 is 0 Å². The summed E-state index contributed by atoms with van der Waals surface area (Å²) in [6.45, 7) is 0. The lowest BCUT2D eigenvalue weighted by atomic mass is 10.3. The molecule has 0 fully saturated rings. The molecule has 0 N–H and O–H groups in total. The van der Waals surface area contributed by atoms with Gasteiger partial charge >= 0.3 is 5.97 Å². The molecule has 0 unspecified atom stereocenters. The number of alkyl halides is 1. The topological polar surface area (TPSA) is 52.1 Å². The van der Waals surface area contributed by atoms with Crippen LogP contribution in [0.5, 0.6) is 0 Å². The van der Waals surface area contributed by atoms with E-state index in [0.29, 0.717) is 11.0 Å². The number of hydrogen-bond acceptors (Lipinski definition) is 4. The number of hydrogen-bond donors (Lipinski definition) is 0. The molecule has 0 saturated heterocycles. The van der Waals surface area contributed by atoms with Crippen LogP contribution in [0.15, 0.2) is 12.4 Å². The molecule has 12 heavy (non-hydrogen) atoms. The fraction of sp³-hybridized carbons (Fsp3) is 0.286. The van der Waals surface area contributed by atoms with E-state index in [9.17, 15) is 4.79 Å². The largest absolute Gasteiger partial charge is 0.464 e. The molecule has 4 nitrogen and oxygen atoms in total. The lowest BCUT2D eigenvalue weighted by molar-refractivity contribution is 0.0592. The Morgan fingerprint density at radius 3 is 2.83 bits per heavy atom. The smallest absolute Gasteiger partial charge is 0.358 e. The first-order chi connectivity index (χ1) is 5.79. The zero-order valence-corrected chi connectivity index (χ0v) is 8.04. The minimum Gasteiger partial charge on any atom is -0.464 e. The molecule has 1 heterocycles. The van der Waals surface area contributed by atoms with Crippen molar-refractivity contribution in [2.24, 2.45) is 0 Å². The fourth-order valence-electron chi connectivity index (χ4n) is 0.732. The van der Waals surface area contributed by atoms with Gasteiger partial charge in [-0.3, -0.25) is 4.98 Å². The maximum absolute atomic E-state index is 11.0. The second-order valence-electron chi connectivity index (χ2n) is 1.98. The molecule has 0 aliphatic heterocycles. The van der Waals surface area contributed by atoms with Gasteiger partial charge in [0.2, 0.25) is 0 Å². The van der Waals surface area contributed by atoms with Crippen molar-refractivity contribution < 1.29 is 9.53 Å². The Hall–Kier alpha value is -0.970. The van der Waals surface area contributed by atoms with Gasteiger partial charge in [-0.1, -0.05) is 15.9 Å². The number of esters is 1. The minimum absolute atomic E-state index is 0.261. The van der Waals surface area contributed by atoms with E-state index in [-0.39, 0.29) is 5.69 Å². The highest BCUT2D eigenvalue weighted by Gasteiger charge is 2.12. The van der Waals surface area contributed by atoms with Gasteiger partial charge in [-0.15, -0.1) is 0 Å². The summed E-state index contributed by atoms with van der Waals surface area (Å²) in [5, 5.41) is 0.491. The molecule has 1 aromatic heterocycles. The number of aromatic nitrogens is 2. The van der Waals surface area contributed by atoms with Crippen LogP contribution in [0, 0.1) is 0 Å². The van der Waals surface area contributed by atoms with E-state index in [2.05, 4.69) is 30.6 Å². The van der Waals surface area contributed by atoms with Crippen LogP contribution in [-0.2, 0) is 10.1 Å². The Morgan fingerprint density at radius 2 is 2.25 bits per heavy atom. The van der Waals surface area contributed by atoms with E-state index in [4.69, 9.17) is 0 Å². The highest BCUT2D eigenvalue weighted by molar-refractivity contribution is 9.08. The van der Waals surface area contributed by atoms with Crippen LogP contribution in [0.2, 0.25) is 0 Å². The Bertz CT molecular complexity index is 290. The summed E-state index contributed by atoms with van der Waals surface area (Å²) < 4.78 is 4.52. The number of carbonyl (C=O) groups is 1. The van der Waals surface area contributed by atoms with Gasteiger partial charge in [0.15, 0.2) is 5.69 Å². The Labute approximate surface area is 78.1 Å². The molecule has 0 spiro atoms. The molecule has 0 atom stereocenters. The third-order valence-corrected chi connectivity index (χ3v) is 1.81. The fourth-order valence-corrected chi connectivity index (χ4v) is 1.14. The van der Waals surface area contributed by atoms with Crippen molar-refractivity contribution in [1.29, 1.82) is 0 Å². The van der Waals surface area contributed by atoms with Gasteiger partial charge in [0.25, 0.3) is 0 Å². The summed E-state index contributed by atoms with van der Waals surface area (Å²) in [7, 11) is 1.31.